The fourth-order valence-electron chi connectivity index (χ4n) is 2.80. The molecule has 0 spiro atoms. The van der Waals surface area contributed by atoms with Gasteiger partial charge in [0.1, 0.15) is 17.9 Å². The molecule has 0 radical (unpaired) electrons. The predicted molar refractivity (Wildman–Crippen MR) is 108 cm³/mol. The standard InChI is InChI=1S/C22H22N2O4/c1-15-9-10-20(16(2)12-15)23-21(25)19-8-5-11-24(22(19)26)28-14-17-6-4-7-18(13-17)27-3/h4-13H,14H2,1-3H3,(H,23,25). The van der Waals surface area contributed by atoms with Gasteiger partial charge in [0.2, 0.25) is 0 Å². The summed E-state index contributed by atoms with van der Waals surface area (Å²) < 4.78 is 6.24. The number of rotatable bonds is 6. The predicted octanol–water partition coefficient (Wildman–Crippen LogP) is 3.35. The van der Waals surface area contributed by atoms with Crippen molar-refractivity contribution in [1.82, 2.24) is 4.73 Å². The van der Waals surface area contributed by atoms with Crippen molar-refractivity contribution in [3.63, 3.8) is 0 Å². The van der Waals surface area contributed by atoms with Gasteiger partial charge in [0.15, 0.2) is 0 Å². The first kappa shape index (κ1) is 19.2. The maximum absolute atomic E-state index is 12.6. The second-order valence-electron chi connectivity index (χ2n) is 6.45. The zero-order valence-electron chi connectivity index (χ0n) is 16.1. The van der Waals surface area contributed by atoms with Crippen LogP contribution in [-0.2, 0) is 6.61 Å². The molecule has 0 unspecified atom stereocenters. The van der Waals surface area contributed by atoms with E-state index in [1.807, 2.05) is 56.3 Å². The summed E-state index contributed by atoms with van der Waals surface area (Å²) in [4.78, 5) is 30.8. The summed E-state index contributed by atoms with van der Waals surface area (Å²) in [5.74, 6) is 0.228. The van der Waals surface area contributed by atoms with Gasteiger partial charge in [-0.2, -0.15) is 4.73 Å². The van der Waals surface area contributed by atoms with Crippen LogP contribution < -0.4 is 20.5 Å². The zero-order chi connectivity index (χ0) is 20.1. The van der Waals surface area contributed by atoms with Gasteiger partial charge >= 0.3 is 0 Å². The molecular weight excluding hydrogens is 356 g/mol. The Hall–Kier alpha value is -3.54. The summed E-state index contributed by atoms with van der Waals surface area (Å²) in [5.41, 5.74) is 3.03. The highest BCUT2D eigenvalue weighted by Crippen LogP contribution is 2.16. The molecule has 0 aliphatic heterocycles. The maximum atomic E-state index is 12.6. The lowest BCUT2D eigenvalue weighted by Crippen LogP contribution is -2.32. The highest BCUT2D eigenvalue weighted by molar-refractivity contribution is 6.04. The molecule has 6 nitrogen and oxygen atoms in total. The van der Waals surface area contributed by atoms with Crippen LogP contribution >= 0.6 is 0 Å². The molecule has 2 aromatic carbocycles. The molecule has 0 aliphatic rings. The lowest BCUT2D eigenvalue weighted by molar-refractivity contribution is 0.0862. The van der Waals surface area contributed by atoms with E-state index in [2.05, 4.69) is 5.32 Å². The number of nitrogens with zero attached hydrogens (tertiary/aromatic N) is 1. The molecular formula is C22H22N2O4. The average molecular weight is 378 g/mol. The smallest absolute Gasteiger partial charge is 0.295 e. The minimum Gasteiger partial charge on any atom is -0.497 e. The number of aryl methyl sites for hydroxylation is 2. The molecule has 0 fully saturated rings. The van der Waals surface area contributed by atoms with Crippen LogP contribution in [0, 0.1) is 13.8 Å². The molecule has 1 amide bonds. The van der Waals surface area contributed by atoms with Crippen LogP contribution in [0.1, 0.15) is 27.0 Å². The van der Waals surface area contributed by atoms with E-state index in [1.165, 1.54) is 12.3 Å². The molecule has 28 heavy (non-hydrogen) atoms. The van der Waals surface area contributed by atoms with Gasteiger partial charge in [0, 0.05) is 11.9 Å². The Labute approximate surface area is 163 Å². The number of carbonyl (C=O) groups excluding carboxylic acids is 1. The number of benzene rings is 2. The van der Waals surface area contributed by atoms with Crippen LogP contribution in [0.2, 0.25) is 0 Å². The summed E-state index contributed by atoms with van der Waals surface area (Å²) >= 11 is 0. The fraction of sp³-hybridized carbons (Fsp3) is 0.182. The Morgan fingerprint density at radius 3 is 2.64 bits per heavy atom. The normalized spacial score (nSPS) is 10.4. The SMILES string of the molecule is COc1cccc(COn2cccc(C(=O)Nc3ccc(C)cc3C)c2=O)c1. The monoisotopic (exact) mass is 378 g/mol. The molecule has 3 rings (SSSR count). The van der Waals surface area contributed by atoms with E-state index in [1.54, 1.807) is 13.2 Å². The molecule has 1 heterocycles. The molecule has 1 aromatic heterocycles. The van der Waals surface area contributed by atoms with Gasteiger partial charge < -0.3 is 14.9 Å². The molecule has 0 saturated carbocycles. The summed E-state index contributed by atoms with van der Waals surface area (Å²) in [6.07, 6.45) is 1.48. The van der Waals surface area contributed by atoms with Gasteiger partial charge in [-0.1, -0.05) is 29.8 Å². The summed E-state index contributed by atoms with van der Waals surface area (Å²) in [5, 5.41) is 2.79. The quantitative estimate of drug-likeness (QED) is 0.714. The van der Waals surface area contributed by atoms with Crippen molar-refractivity contribution in [2.24, 2.45) is 0 Å². The van der Waals surface area contributed by atoms with Gasteiger partial charge in [0.25, 0.3) is 11.5 Å². The van der Waals surface area contributed by atoms with Crippen LogP contribution in [0.15, 0.2) is 65.6 Å². The Balaban J connectivity index is 1.76. The minimum atomic E-state index is -0.521. The van der Waals surface area contributed by atoms with Crippen molar-refractivity contribution in [3.05, 3.63) is 93.4 Å². The molecule has 0 atom stereocenters. The van der Waals surface area contributed by atoms with Gasteiger partial charge in [0.05, 0.1) is 7.11 Å². The van der Waals surface area contributed by atoms with E-state index in [4.69, 9.17) is 9.57 Å². The lowest BCUT2D eigenvalue weighted by atomic mass is 10.1. The largest absolute Gasteiger partial charge is 0.497 e. The third-order valence-corrected chi connectivity index (χ3v) is 4.29. The molecule has 0 bridgehead atoms. The summed E-state index contributed by atoms with van der Waals surface area (Å²) in [7, 11) is 1.59. The first-order valence-corrected chi connectivity index (χ1v) is 8.84. The summed E-state index contributed by atoms with van der Waals surface area (Å²) in [6, 6.07) is 16.1. The number of nitrogens with one attached hydrogen (secondary N) is 1. The summed E-state index contributed by atoms with van der Waals surface area (Å²) in [6.45, 7) is 4.05. The molecule has 144 valence electrons. The zero-order valence-corrected chi connectivity index (χ0v) is 16.1. The third kappa shape index (κ3) is 4.40. The second-order valence-corrected chi connectivity index (χ2v) is 6.45. The van der Waals surface area contributed by atoms with E-state index in [9.17, 15) is 9.59 Å². The Morgan fingerprint density at radius 1 is 1.07 bits per heavy atom. The third-order valence-electron chi connectivity index (χ3n) is 4.29. The van der Waals surface area contributed by atoms with Crippen molar-refractivity contribution < 1.29 is 14.4 Å². The lowest BCUT2D eigenvalue weighted by Gasteiger charge is -2.12. The Bertz CT molecular complexity index is 1060. The van der Waals surface area contributed by atoms with E-state index in [0.717, 1.165) is 21.4 Å². The number of anilines is 1. The maximum Gasteiger partial charge on any atom is 0.295 e. The molecule has 3 aromatic rings. The van der Waals surface area contributed by atoms with Gasteiger partial charge in [-0.05, 0) is 55.3 Å². The number of hydrogen-bond donors (Lipinski definition) is 1. The van der Waals surface area contributed by atoms with Crippen molar-refractivity contribution in [2.75, 3.05) is 12.4 Å². The van der Waals surface area contributed by atoms with Crippen molar-refractivity contribution in [2.45, 2.75) is 20.5 Å². The highest BCUT2D eigenvalue weighted by atomic mass is 16.7. The second kappa shape index (κ2) is 8.43. The number of pyridine rings is 1. The van der Waals surface area contributed by atoms with Crippen LogP contribution in [0.25, 0.3) is 0 Å². The highest BCUT2D eigenvalue weighted by Gasteiger charge is 2.14. The molecule has 0 aliphatic carbocycles. The van der Waals surface area contributed by atoms with E-state index < -0.39 is 11.5 Å². The van der Waals surface area contributed by atoms with Crippen molar-refractivity contribution >= 4 is 11.6 Å². The number of amides is 1. The van der Waals surface area contributed by atoms with Gasteiger partial charge in [-0.15, -0.1) is 0 Å². The Kier molecular flexibility index (Phi) is 5.79. The first-order chi connectivity index (χ1) is 13.5. The van der Waals surface area contributed by atoms with Crippen LogP contribution in [0.4, 0.5) is 5.69 Å². The number of hydrogen-bond acceptors (Lipinski definition) is 4. The first-order valence-electron chi connectivity index (χ1n) is 8.84. The van der Waals surface area contributed by atoms with E-state index in [-0.39, 0.29) is 12.2 Å². The average Bonchev–Trinajstić information content (AvgIpc) is 2.69. The minimum absolute atomic E-state index is 0.00752. The molecule has 6 heteroatoms. The van der Waals surface area contributed by atoms with Crippen LogP contribution in [0.5, 0.6) is 5.75 Å². The van der Waals surface area contributed by atoms with Crippen molar-refractivity contribution in [3.8, 4) is 5.75 Å². The number of carbonyl (C=O) groups is 1. The van der Waals surface area contributed by atoms with E-state index >= 15 is 0 Å². The number of ether oxygens (including phenoxy) is 1. The van der Waals surface area contributed by atoms with Crippen LogP contribution in [-0.4, -0.2) is 17.7 Å². The van der Waals surface area contributed by atoms with Gasteiger partial charge in [-0.3, -0.25) is 9.59 Å². The Morgan fingerprint density at radius 2 is 1.89 bits per heavy atom. The van der Waals surface area contributed by atoms with E-state index in [0.29, 0.717) is 11.4 Å². The molecule has 1 N–H and O–H groups in total. The fourth-order valence-corrected chi connectivity index (χ4v) is 2.80. The number of methoxy groups -OCH3 is 1. The van der Waals surface area contributed by atoms with Crippen LogP contribution in [0.3, 0.4) is 0 Å². The number of aromatic nitrogens is 1. The molecule has 0 saturated heterocycles. The van der Waals surface area contributed by atoms with Crippen molar-refractivity contribution in [1.29, 1.82) is 0 Å². The topological polar surface area (TPSA) is 69.6 Å². The van der Waals surface area contributed by atoms with Gasteiger partial charge in [-0.25, -0.2) is 0 Å².